The second kappa shape index (κ2) is 3.20. The summed E-state index contributed by atoms with van der Waals surface area (Å²) in [4.78, 5) is 3.94. The number of rotatable bonds is 0. The highest BCUT2D eigenvalue weighted by molar-refractivity contribution is 7.98. The number of halogens is 3. The minimum Gasteiger partial charge on any atom is -0.316 e. The molecule has 0 saturated heterocycles. The molecule has 1 aromatic rings. The summed E-state index contributed by atoms with van der Waals surface area (Å²) in [6, 6.07) is 3.95. The Morgan fingerprint density at radius 2 is 2.07 bits per heavy atom. The average molecular weight is 218 g/mol. The summed E-state index contributed by atoms with van der Waals surface area (Å²) in [5.74, 6) is 0. The van der Waals surface area contributed by atoms with Crippen molar-refractivity contribution in [1.29, 1.82) is 0 Å². The van der Waals surface area contributed by atoms with Crippen LogP contribution in [0, 0.1) is 0 Å². The quantitative estimate of drug-likeness (QED) is 0.677. The van der Waals surface area contributed by atoms with E-state index in [1.165, 1.54) is 12.4 Å². The summed E-state index contributed by atoms with van der Waals surface area (Å²) >= 11 is 0.923. The molecular weight excluding hydrogens is 213 g/mol. The normalized spacial score (nSPS) is 14.8. The molecule has 6 heteroatoms. The predicted octanol–water partition coefficient (Wildman–Crippen LogP) is 2.98. The topological polar surface area (TPSA) is 24.4 Å². The van der Waals surface area contributed by atoms with Crippen LogP contribution in [-0.4, -0.2) is 6.34 Å². The number of benzene rings is 1. The maximum absolute atomic E-state index is 12.5. The number of nitrogens with zero attached hydrogens (tertiary/aromatic N) is 1. The Hall–Kier alpha value is -1.17. The van der Waals surface area contributed by atoms with E-state index in [2.05, 4.69) is 9.71 Å². The smallest absolute Gasteiger partial charge is 0.316 e. The van der Waals surface area contributed by atoms with Crippen LogP contribution in [0.2, 0.25) is 0 Å². The maximum atomic E-state index is 12.5. The first-order valence-corrected chi connectivity index (χ1v) is 4.56. The van der Waals surface area contributed by atoms with Crippen molar-refractivity contribution in [1.82, 2.24) is 4.72 Å². The first-order valence-electron chi connectivity index (χ1n) is 3.74. The second-order valence-corrected chi connectivity index (χ2v) is 3.48. The van der Waals surface area contributed by atoms with Gasteiger partial charge in [-0.1, -0.05) is 6.07 Å². The lowest BCUT2D eigenvalue weighted by atomic mass is 10.2. The lowest BCUT2D eigenvalue weighted by molar-refractivity contribution is -0.139. The minimum atomic E-state index is -4.33. The van der Waals surface area contributed by atoms with E-state index < -0.39 is 11.7 Å². The van der Waals surface area contributed by atoms with E-state index in [1.807, 2.05) is 0 Å². The first kappa shape index (κ1) is 9.39. The molecule has 0 aliphatic carbocycles. The van der Waals surface area contributed by atoms with Gasteiger partial charge in [0.05, 0.1) is 22.5 Å². The molecule has 1 aromatic carbocycles. The van der Waals surface area contributed by atoms with Crippen molar-refractivity contribution >= 4 is 24.0 Å². The molecule has 1 heterocycles. The van der Waals surface area contributed by atoms with Gasteiger partial charge in [-0.05, 0) is 24.1 Å². The molecule has 0 atom stereocenters. The van der Waals surface area contributed by atoms with Crippen LogP contribution in [0.5, 0.6) is 0 Å². The van der Waals surface area contributed by atoms with Crippen molar-refractivity contribution in [3.05, 3.63) is 23.8 Å². The van der Waals surface area contributed by atoms with Gasteiger partial charge in [0.1, 0.15) is 0 Å². The monoisotopic (exact) mass is 218 g/mol. The molecular formula is C8H5F3N2S. The van der Waals surface area contributed by atoms with E-state index in [0.29, 0.717) is 5.69 Å². The first-order chi connectivity index (χ1) is 6.59. The third-order valence-corrected chi connectivity index (χ3v) is 2.57. The van der Waals surface area contributed by atoms with Gasteiger partial charge in [0.2, 0.25) is 0 Å². The van der Waals surface area contributed by atoms with Gasteiger partial charge in [0.25, 0.3) is 0 Å². The molecule has 0 amide bonds. The summed E-state index contributed by atoms with van der Waals surface area (Å²) < 4.78 is 40.0. The zero-order valence-electron chi connectivity index (χ0n) is 6.80. The van der Waals surface area contributed by atoms with E-state index in [-0.39, 0.29) is 4.90 Å². The van der Waals surface area contributed by atoms with Crippen molar-refractivity contribution < 1.29 is 13.2 Å². The van der Waals surface area contributed by atoms with Crippen molar-refractivity contribution in [3.8, 4) is 0 Å². The fourth-order valence-corrected chi connectivity index (χ4v) is 1.88. The molecule has 1 aliphatic heterocycles. The molecule has 14 heavy (non-hydrogen) atoms. The van der Waals surface area contributed by atoms with Crippen LogP contribution < -0.4 is 4.72 Å². The Balaban J connectivity index is 2.57. The fourth-order valence-electron chi connectivity index (χ4n) is 1.14. The standard InChI is InChI=1S/C8H5F3N2S/c9-8(10,11)5-2-1-3-6-7(5)14-13-4-12-6/h1-4H,(H,12,13). The molecule has 0 aromatic heterocycles. The number of hydrogen-bond acceptors (Lipinski definition) is 3. The Labute approximate surface area is 82.4 Å². The SMILES string of the molecule is FC(F)(F)c1cccc2c1SNC=N2. The van der Waals surface area contributed by atoms with E-state index in [1.54, 1.807) is 6.07 Å². The lowest BCUT2D eigenvalue weighted by Crippen LogP contribution is -2.11. The van der Waals surface area contributed by atoms with Crippen LogP contribution in [0.15, 0.2) is 28.1 Å². The minimum absolute atomic E-state index is 0.127. The molecule has 74 valence electrons. The number of fused-ring (bicyclic) bond motifs is 1. The molecule has 1 aliphatic rings. The third kappa shape index (κ3) is 1.57. The highest BCUT2D eigenvalue weighted by atomic mass is 32.2. The van der Waals surface area contributed by atoms with Crippen LogP contribution in [-0.2, 0) is 6.18 Å². The average Bonchev–Trinajstić information content (AvgIpc) is 2.15. The van der Waals surface area contributed by atoms with Crippen LogP contribution in [0.4, 0.5) is 18.9 Å². The number of alkyl halides is 3. The molecule has 0 fully saturated rings. The Morgan fingerprint density at radius 1 is 1.29 bits per heavy atom. The number of nitrogens with one attached hydrogen (secondary N) is 1. The molecule has 2 nitrogen and oxygen atoms in total. The largest absolute Gasteiger partial charge is 0.417 e. The molecule has 1 N–H and O–H groups in total. The molecule has 0 saturated carbocycles. The van der Waals surface area contributed by atoms with Crippen LogP contribution in [0.3, 0.4) is 0 Å². The molecule has 0 spiro atoms. The third-order valence-electron chi connectivity index (χ3n) is 1.72. The van der Waals surface area contributed by atoms with Gasteiger partial charge in [-0.2, -0.15) is 13.2 Å². The van der Waals surface area contributed by atoms with Crippen LogP contribution in [0.25, 0.3) is 0 Å². The van der Waals surface area contributed by atoms with E-state index >= 15 is 0 Å². The van der Waals surface area contributed by atoms with Gasteiger partial charge >= 0.3 is 6.18 Å². The molecule has 2 rings (SSSR count). The van der Waals surface area contributed by atoms with Crippen LogP contribution in [0.1, 0.15) is 5.56 Å². The van der Waals surface area contributed by atoms with E-state index in [9.17, 15) is 13.2 Å². The van der Waals surface area contributed by atoms with Crippen molar-refractivity contribution in [2.75, 3.05) is 0 Å². The zero-order chi connectivity index (χ0) is 10.2. The van der Waals surface area contributed by atoms with Crippen molar-refractivity contribution in [3.63, 3.8) is 0 Å². The van der Waals surface area contributed by atoms with Gasteiger partial charge in [0.15, 0.2) is 0 Å². The molecule has 0 unspecified atom stereocenters. The second-order valence-electron chi connectivity index (χ2n) is 2.63. The zero-order valence-corrected chi connectivity index (χ0v) is 7.62. The predicted molar refractivity (Wildman–Crippen MR) is 48.6 cm³/mol. The lowest BCUT2D eigenvalue weighted by Gasteiger charge is -2.16. The fraction of sp³-hybridized carbons (Fsp3) is 0.125. The Kier molecular flexibility index (Phi) is 2.14. The summed E-state index contributed by atoms with van der Waals surface area (Å²) in [6.07, 6.45) is -2.96. The van der Waals surface area contributed by atoms with Gasteiger partial charge in [-0.15, -0.1) is 0 Å². The van der Waals surface area contributed by atoms with Gasteiger partial charge < -0.3 is 4.72 Å². The molecule has 0 bridgehead atoms. The van der Waals surface area contributed by atoms with Gasteiger partial charge in [-0.3, -0.25) is 0 Å². The number of aliphatic imine (C=N–C) groups is 1. The summed E-state index contributed by atoms with van der Waals surface area (Å²) in [5.41, 5.74) is -0.298. The van der Waals surface area contributed by atoms with Gasteiger partial charge in [-0.25, -0.2) is 4.99 Å². The highest BCUT2D eigenvalue weighted by Gasteiger charge is 2.34. The molecule has 0 radical (unpaired) electrons. The Bertz CT molecular complexity index is 387. The van der Waals surface area contributed by atoms with E-state index in [0.717, 1.165) is 18.0 Å². The van der Waals surface area contributed by atoms with Gasteiger partial charge in [0, 0.05) is 0 Å². The summed E-state index contributed by atoms with van der Waals surface area (Å²) in [7, 11) is 0. The number of hydrogen-bond donors (Lipinski definition) is 1. The summed E-state index contributed by atoms with van der Waals surface area (Å²) in [5, 5.41) is 0. The van der Waals surface area contributed by atoms with Crippen molar-refractivity contribution in [2.24, 2.45) is 4.99 Å². The maximum Gasteiger partial charge on any atom is 0.417 e. The van der Waals surface area contributed by atoms with Crippen molar-refractivity contribution in [2.45, 2.75) is 11.1 Å². The van der Waals surface area contributed by atoms with E-state index in [4.69, 9.17) is 0 Å². The summed E-state index contributed by atoms with van der Waals surface area (Å²) in [6.45, 7) is 0. The van der Waals surface area contributed by atoms with Crippen LogP contribution >= 0.6 is 11.9 Å². The Morgan fingerprint density at radius 3 is 2.79 bits per heavy atom. The highest BCUT2D eigenvalue weighted by Crippen LogP contribution is 2.41.